The summed E-state index contributed by atoms with van der Waals surface area (Å²) < 4.78 is 5.54. The van der Waals surface area contributed by atoms with Gasteiger partial charge in [-0.3, -0.25) is 9.69 Å². The van der Waals surface area contributed by atoms with Gasteiger partial charge < -0.3 is 9.52 Å². The van der Waals surface area contributed by atoms with Crippen molar-refractivity contribution in [3.8, 4) is 0 Å². The van der Waals surface area contributed by atoms with E-state index in [0.29, 0.717) is 13.0 Å². The molecule has 1 aromatic carbocycles. The molecule has 1 aromatic heterocycles. The Labute approximate surface area is 118 Å². The highest BCUT2D eigenvalue weighted by Gasteiger charge is 2.21. The molecule has 0 saturated heterocycles. The number of benzene rings is 1. The van der Waals surface area contributed by atoms with Gasteiger partial charge in [-0.15, -0.1) is 0 Å². The molecule has 0 aliphatic heterocycles. The third kappa shape index (κ3) is 3.71. The Kier molecular flexibility index (Phi) is 4.96. The number of hydrogen-bond donors (Lipinski definition) is 1. The van der Waals surface area contributed by atoms with Gasteiger partial charge in [-0.25, -0.2) is 0 Å². The SMILES string of the molecule is CN(CCCC(=O)O)C(c1ccccc1)c1ccco1. The molecule has 0 spiro atoms. The highest BCUT2D eigenvalue weighted by Crippen LogP contribution is 2.27. The topological polar surface area (TPSA) is 53.7 Å². The summed E-state index contributed by atoms with van der Waals surface area (Å²) in [7, 11) is 1.99. The Morgan fingerprint density at radius 1 is 1.25 bits per heavy atom. The third-order valence-electron chi connectivity index (χ3n) is 3.27. The monoisotopic (exact) mass is 273 g/mol. The van der Waals surface area contributed by atoms with Gasteiger partial charge in [-0.2, -0.15) is 0 Å². The lowest BCUT2D eigenvalue weighted by molar-refractivity contribution is -0.137. The second kappa shape index (κ2) is 6.91. The first kappa shape index (κ1) is 14.3. The highest BCUT2D eigenvalue weighted by molar-refractivity contribution is 5.66. The minimum absolute atomic E-state index is 0.0139. The van der Waals surface area contributed by atoms with Gasteiger partial charge in [0.05, 0.1) is 12.3 Å². The zero-order chi connectivity index (χ0) is 14.4. The number of furan rings is 1. The average Bonchev–Trinajstić information content (AvgIpc) is 2.93. The fourth-order valence-corrected chi connectivity index (χ4v) is 2.33. The van der Waals surface area contributed by atoms with E-state index in [1.54, 1.807) is 6.26 Å². The minimum atomic E-state index is -0.757. The number of nitrogens with zero attached hydrogens (tertiary/aromatic N) is 1. The zero-order valence-electron chi connectivity index (χ0n) is 11.5. The number of carboxylic acid groups (broad SMARTS) is 1. The number of carboxylic acids is 1. The Balaban J connectivity index is 2.13. The molecule has 0 radical (unpaired) electrons. The van der Waals surface area contributed by atoms with Crippen LogP contribution in [0.5, 0.6) is 0 Å². The van der Waals surface area contributed by atoms with E-state index in [2.05, 4.69) is 17.0 Å². The quantitative estimate of drug-likeness (QED) is 0.842. The van der Waals surface area contributed by atoms with Crippen molar-refractivity contribution in [1.29, 1.82) is 0 Å². The van der Waals surface area contributed by atoms with Gasteiger partial charge in [0.25, 0.3) is 0 Å². The van der Waals surface area contributed by atoms with Crippen LogP contribution >= 0.6 is 0 Å². The van der Waals surface area contributed by atoms with Crippen LogP contribution in [0.3, 0.4) is 0 Å². The largest absolute Gasteiger partial charge is 0.481 e. The summed E-state index contributed by atoms with van der Waals surface area (Å²) in [5, 5.41) is 8.73. The van der Waals surface area contributed by atoms with Crippen LogP contribution in [0.4, 0.5) is 0 Å². The molecule has 20 heavy (non-hydrogen) atoms. The smallest absolute Gasteiger partial charge is 0.303 e. The molecule has 0 aliphatic carbocycles. The maximum absolute atomic E-state index is 10.6. The molecule has 2 aromatic rings. The molecule has 0 amide bonds. The van der Waals surface area contributed by atoms with E-state index in [1.165, 1.54) is 0 Å². The van der Waals surface area contributed by atoms with Crippen molar-refractivity contribution in [2.24, 2.45) is 0 Å². The predicted octanol–water partition coefficient (Wildman–Crippen LogP) is 3.17. The van der Waals surface area contributed by atoms with Gasteiger partial charge in [0, 0.05) is 6.42 Å². The molecular weight excluding hydrogens is 254 g/mol. The van der Waals surface area contributed by atoms with Crippen LogP contribution < -0.4 is 0 Å². The van der Waals surface area contributed by atoms with E-state index < -0.39 is 5.97 Å². The predicted molar refractivity (Wildman–Crippen MR) is 76.5 cm³/mol. The molecule has 1 heterocycles. The van der Waals surface area contributed by atoms with Crippen LogP contribution in [-0.2, 0) is 4.79 Å². The van der Waals surface area contributed by atoms with Crippen LogP contribution in [0.1, 0.15) is 30.2 Å². The van der Waals surface area contributed by atoms with Gasteiger partial charge in [0.2, 0.25) is 0 Å². The molecule has 0 aliphatic rings. The summed E-state index contributed by atoms with van der Waals surface area (Å²) in [4.78, 5) is 12.7. The molecule has 4 nitrogen and oxygen atoms in total. The van der Waals surface area contributed by atoms with Crippen molar-refractivity contribution in [2.75, 3.05) is 13.6 Å². The van der Waals surface area contributed by atoms with Crippen molar-refractivity contribution in [2.45, 2.75) is 18.9 Å². The van der Waals surface area contributed by atoms with E-state index in [-0.39, 0.29) is 12.5 Å². The van der Waals surface area contributed by atoms with Gasteiger partial charge in [0.15, 0.2) is 0 Å². The maximum Gasteiger partial charge on any atom is 0.303 e. The van der Waals surface area contributed by atoms with Crippen molar-refractivity contribution in [3.05, 3.63) is 60.1 Å². The first-order chi connectivity index (χ1) is 9.68. The Morgan fingerprint density at radius 3 is 2.60 bits per heavy atom. The second-order valence-corrected chi connectivity index (χ2v) is 4.81. The molecular formula is C16H19NO3. The van der Waals surface area contributed by atoms with E-state index in [0.717, 1.165) is 11.3 Å². The standard InChI is InChI=1S/C16H19NO3/c1-17(11-5-10-15(18)19)16(14-9-6-12-20-14)13-7-3-2-4-8-13/h2-4,6-9,12,16H,5,10-11H2,1H3,(H,18,19). The first-order valence-corrected chi connectivity index (χ1v) is 6.69. The molecule has 1 N–H and O–H groups in total. The highest BCUT2D eigenvalue weighted by atomic mass is 16.4. The number of aliphatic carboxylic acids is 1. The number of carbonyl (C=O) groups is 1. The normalized spacial score (nSPS) is 12.5. The van der Waals surface area contributed by atoms with Crippen molar-refractivity contribution in [3.63, 3.8) is 0 Å². The zero-order valence-corrected chi connectivity index (χ0v) is 11.5. The lowest BCUT2D eigenvalue weighted by atomic mass is 10.0. The lowest BCUT2D eigenvalue weighted by Crippen LogP contribution is -2.26. The average molecular weight is 273 g/mol. The molecule has 0 fully saturated rings. The summed E-state index contributed by atoms with van der Waals surface area (Å²) in [5.74, 6) is 0.113. The number of hydrogen-bond acceptors (Lipinski definition) is 3. The Bertz CT molecular complexity index is 522. The molecule has 1 unspecified atom stereocenters. The fourth-order valence-electron chi connectivity index (χ4n) is 2.33. The fraction of sp³-hybridized carbons (Fsp3) is 0.312. The first-order valence-electron chi connectivity index (χ1n) is 6.69. The maximum atomic E-state index is 10.6. The van der Waals surface area contributed by atoms with Gasteiger partial charge >= 0.3 is 5.97 Å². The second-order valence-electron chi connectivity index (χ2n) is 4.81. The van der Waals surface area contributed by atoms with Crippen LogP contribution in [-0.4, -0.2) is 29.6 Å². The summed E-state index contributed by atoms with van der Waals surface area (Å²) in [5.41, 5.74) is 1.14. The number of rotatable bonds is 7. The van der Waals surface area contributed by atoms with Crippen LogP contribution in [0.25, 0.3) is 0 Å². The lowest BCUT2D eigenvalue weighted by Gasteiger charge is -2.26. The van der Waals surface area contributed by atoms with Gasteiger partial charge in [0.1, 0.15) is 5.76 Å². The van der Waals surface area contributed by atoms with E-state index in [9.17, 15) is 4.79 Å². The molecule has 106 valence electrons. The summed E-state index contributed by atoms with van der Waals surface area (Å²) in [6.45, 7) is 0.701. The van der Waals surface area contributed by atoms with E-state index in [1.807, 2.05) is 37.4 Å². The van der Waals surface area contributed by atoms with Gasteiger partial charge in [-0.05, 0) is 37.7 Å². The molecule has 0 bridgehead atoms. The summed E-state index contributed by atoms with van der Waals surface area (Å²) >= 11 is 0. The third-order valence-corrected chi connectivity index (χ3v) is 3.27. The van der Waals surface area contributed by atoms with Gasteiger partial charge in [-0.1, -0.05) is 30.3 Å². The summed E-state index contributed by atoms with van der Waals surface area (Å²) in [6, 6.07) is 13.9. The van der Waals surface area contributed by atoms with Crippen LogP contribution in [0.2, 0.25) is 0 Å². The Morgan fingerprint density at radius 2 is 2.00 bits per heavy atom. The van der Waals surface area contributed by atoms with E-state index in [4.69, 9.17) is 9.52 Å². The van der Waals surface area contributed by atoms with Crippen molar-refractivity contribution < 1.29 is 14.3 Å². The Hall–Kier alpha value is -2.07. The summed E-state index contributed by atoms with van der Waals surface area (Å²) in [6.07, 6.45) is 2.47. The minimum Gasteiger partial charge on any atom is -0.481 e. The van der Waals surface area contributed by atoms with Crippen LogP contribution in [0, 0.1) is 0 Å². The molecule has 1 atom stereocenters. The van der Waals surface area contributed by atoms with Crippen molar-refractivity contribution >= 4 is 5.97 Å². The van der Waals surface area contributed by atoms with Crippen molar-refractivity contribution in [1.82, 2.24) is 4.90 Å². The van der Waals surface area contributed by atoms with Crippen LogP contribution in [0.15, 0.2) is 53.1 Å². The molecule has 2 rings (SSSR count). The molecule has 0 saturated carbocycles. The molecule has 4 heteroatoms. The van der Waals surface area contributed by atoms with E-state index >= 15 is 0 Å².